The first-order chi connectivity index (χ1) is 8.70. The third-order valence-corrected chi connectivity index (χ3v) is 4.61. The fourth-order valence-corrected chi connectivity index (χ4v) is 3.69. The number of carbonyl (C=O) groups excluding carboxylic acids is 2. The molecule has 1 saturated heterocycles. The van der Waals surface area contributed by atoms with E-state index in [-0.39, 0.29) is 23.8 Å². The highest BCUT2D eigenvalue weighted by Crippen LogP contribution is 2.44. The molecular formula is C14H19NO3. The van der Waals surface area contributed by atoms with Crippen LogP contribution in [-0.4, -0.2) is 36.5 Å². The number of allylic oxidation sites excluding steroid dienone is 2. The van der Waals surface area contributed by atoms with Crippen molar-refractivity contribution in [2.45, 2.75) is 31.7 Å². The minimum Gasteiger partial charge on any atom is -0.467 e. The summed E-state index contributed by atoms with van der Waals surface area (Å²) in [6.07, 6.45) is 8.14. The predicted octanol–water partition coefficient (Wildman–Crippen LogP) is 1.36. The van der Waals surface area contributed by atoms with E-state index in [1.165, 1.54) is 7.11 Å². The molecule has 2 fully saturated rings. The lowest BCUT2D eigenvalue weighted by Gasteiger charge is -2.28. The molecule has 0 aromatic carbocycles. The molecule has 4 nitrogen and oxygen atoms in total. The van der Waals surface area contributed by atoms with Gasteiger partial charge in [0.05, 0.1) is 7.11 Å². The standard InChI is InChI=1S/C14H19NO3/c1-18-14(17)12-3-2-6-15(12)13(16)11-8-9-4-5-10(11)7-9/h4-5,9-12H,2-3,6-8H2,1H3/t9-,10+,11-,12-/m0/s1. The molecule has 2 bridgehead atoms. The van der Waals surface area contributed by atoms with Crippen LogP contribution in [0, 0.1) is 17.8 Å². The Labute approximate surface area is 107 Å². The molecule has 0 unspecified atom stereocenters. The van der Waals surface area contributed by atoms with Gasteiger partial charge in [-0.2, -0.15) is 0 Å². The van der Waals surface area contributed by atoms with E-state index >= 15 is 0 Å². The van der Waals surface area contributed by atoms with Crippen molar-refractivity contribution >= 4 is 11.9 Å². The Bertz CT molecular complexity index is 404. The fourth-order valence-electron chi connectivity index (χ4n) is 3.69. The number of likely N-dealkylation sites (tertiary alicyclic amines) is 1. The molecular weight excluding hydrogens is 230 g/mol. The zero-order chi connectivity index (χ0) is 12.7. The smallest absolute Gasteiger partial charge is 0.328 e. The van der Waals surface area contributed by atoms with Gasteiger partial charge < -0.3 is 9.64 Å². The average Bonchev–Trinajstić information content (AvgIpc) is 3.11. The number of nitrogens with zero attached hydrogens (tertiary/aromatic N) is 1. The summed E-state index contributed by atoms with van der Waals surface area (Å²) in [6, 6.07) is -0.342. The summed E-state index contributed by atoms with van der Waals surface area (Å²) in [7, 11) is 1.39. The van der Waals surface area contributed by atoms with Crippen LogP contribution in [0.25, 0.3) is 0 Å². The molecule has 1 aliphatic heterocycles. The first-order valence-electron chi connectivity index (χ1n) is 6.77. The Morgan fingerprint density at radius 1 is 1.28 bits per heavy atom. The van der Waals surface area contributed by atoms with Crippen LogP contribution in [0.1, 0.15) is 25.7 Å². The third kappa shape index (κ3) is 1.74. The van der Waals surface area contributed by atoms with Gasteiger partial charge in [-0.3, -0.25) is 4.79 Å². The molecule has 4 atom stereocenters. The van der Waals surface area contributed by atoms with Gasteiger partial charge in [0.25, 0.3) is 0 Å². The lowest BCUT2D eigenvalue weighted by molar-refractivity contribution is -0.152. The highest BCUT2D eigenvalue weighted by atomic mass is 16.5. The number of carbonyl (C=O) groups is 2. The lowest BCUT2D eigenvalue weighted by atomic mass is 9.92. The summed E-state index contributed by atoms with van der Waals surface area (Å²) in [5.74, 6) is 0.995. The topological polar surface area (TPSA) is 46.6 Å². The molecule has 0 aromatic heterocycles. The first kappa shape index (κ1) is 11.8. The summed E-state index contributed by atoms with van der Waals surface area (Å²) < 4.78 is 4.79. The van der Waals surface area contributed by atoms with Crippen molar-refractivity contribution < 1.29 is 14.3 Å². The third-order valence-electron chi connectivity index (χ3n) is 4.61. The van der Waals surface area contributed by atoms with Crippen molar-refractivity contribution in [3.63, 3.8) is 0 Å². The quantitative estimate of drug-likeness (QED) is 0.548. The van der Waals surface area contributed by atoms with Crippen LogP contribution in [0.3, 0.4) is 0 Å². The summed E-state index contributed by atoms with van der Waals surface area (Å²) in [4.78, 5) is 26.0. The van der Waals surface area contributed by atoms with Gasteiger partial charge in [-0.15, -0.1) is 0 Å². The van der Waals surface area contributed by atoms with Crippen molar-refractivity contribution in [3.05, 3.63) is 12.2 Å². The molecule has 0 spiro atoms. The van der Waals surface area contributed by atoms with Crippen molar-refractivity contribution in [1.82, 2.24) is 4.90 Å². The number of esters is 1. The van der Waals surface area contributed by atoms with E-state index in [2.05, 4.69) is 12.2 Å². The average molecular weight is 249 g/mol. The second-order valence-corrected chi connectivity index (χ2v) is 5.60. The first-order valence-corrected chi connectivity index (χ1v) is 6.77. The SMILES string of the molecule is COC(=O)[C@@H]1CCCN1C(=O)[C@H]1C[C@H]2C=C[C@@H]1C2. The number of rotatable bonds is 2. The van der Waals surface area contributed by atoms with Crippen LogP contribution in [0.4, 0.5) is 0 Å². The molecule has 3 rings (SSSR count). The number of hydrogen-bond donors (Lipinski definition) is 0. The zero-order valence-corrected chi connectivity index (χ0v) is 10.7. The van der Waals surface area contributed by atoms with E-state index in [0.717, 1.165) is 25.7 Å². The normalized spacial score (nSPS) is 37.3. The highest BCUT2D eigenvalue weighted by molar-refractivity contribution is 5.87. The molecule has 3 aliphatic rings. The monoisotopic (exact) mass is 249 g/mol. The minimum atomic E-state index is -0.342. The van der Waals surface area contributed by atoms with Crippen LogP contribution in [0.5, 0.6) is 0 Å². The van der Waals surface area contributed by atoms with Gasteiger partial charge in [0.1, 0.15) is 6.04 Å². The van der Waals surface area contributed by atoms with Gasteiger partial charge in [-0.05, 0) is 37.5 Å². The Balaban J connectivity index is 1.72. The largest absolute Gasteiger partial charge is 0.467 e. The van der Waals surface area contributed by atoms with Gasteiger partial charge in [0, 0.05) is 12.5 Å². The van der Waals surface area contributed by atoms with E-state index in [1.54, 1.807) is 4.90 Å². The molecule has 2 aliphatic carbocycles. The number of methoxy groups -OCH3 is 1. The Morgan fingerprint density at radius 2 is 2.11 bits per heavy atom. The van der Waals surface area contributed by atoms with Crippen LogP contribution in [-0.2, 0) is 14.3 Å². The van der Waals surface area contributed by atoms with E-state index in [9.17, 15) is 9.59 Å². The number of fused-ring (bicyclic) bond motifs is 2. The zero-order valence-electron chi connectivity index (χ0n) is 10.7. The summed E-state index contributed by atoms with van der Waals surface area (Å²) >= 11 is 0. The molecule has 0 aromatic rings. The van der Waals surface area contributed by atoms with Gasteiger partial charge in [0.2, 0.25) is 5.91 Å². The van der Waals surface area contributed by atoms with Crippen LogP contribution in [0.2, 0.25) is 0 Å². The number of hydrogen-bond acceptors (Lipinski definition) is 3. The van der Waals surface area contributed by atoms with Crippen molar-refractivity contribution in [2.24, 2.45) is 17.8 Å². The Hall–Kier alpha value is -1.32. The lowest BCUT2D eigenvalue weighted by Crippen LogP contribution is -2.44. The molecule has 0 N–H and O–H groups in total. The van der Waals surface area contributed by atoms with Gasteiger partial charge >= 0.3 is 5.97 Å². The summed E-state index contributed by atoms with van der Waals surface area (Å²) in [6.45, 7) is 0.705. The van der Waals surface area contributed by atoms with Gasteiger partial charge in [0.15, 0.2) is 0 Å². The van der Waals surface area contributed by atoms with E-state index in [0.29, 0.717) is 18.4 Å². The van der Waals surface area contributed by atoms with Crippen LogP contribution < -0.4 is 0 Å². The molecule has 1 saturated carbocycles. The maximum Gasteiger partial charge on any atom is 0.328 e. The molecule has 98 valence electrons. The van der Waals surface area contributed by atoms with Crippen molar-refractivity contribution in [3.8, 4) is 0 Å². The van der Waals surface area contributed by atoms with Gasteiger partial charge in [-0.1, -0.05) is 12.2 Å². The van der Waals surface area contributed by atoms with E-state index in [4.69, 9.17) is 4.74 Å². The fraction of sp³-hybridized carbons (Fsp3) is 0.714. The van der Waals surface area contributed by atoms with E-state index < -0.39 is 0 Å². The Morgan fingerprint density at radius 3 is 2.72 bits per heavy atom. The maximum atomic E-state index is 12.6. The highest BCUT2D eigenvalue weighted by Gasteiger charge is 2.45. The Kier molecular flexibility index (Phi) is 2.88. The van der Waals surface area contributed by atoms with Crippen molar-refractivity contribution in [1.29, 1.82) is 0 Å². The van der Waals surface area contributed by atoms with Crippen molar-refractivity contribution in [2.75, 3.05) is 13.7 Å². The molecule has 18 heavy (non-hydrogen) atoms. The van der Waals surface area contributed by atoms with Crippen LogP contribution >= 0.6 is 0 Å². The number of amides is 1. The predicted molar refractivity (Wildman–Crippen MR) is 65.6 cm³/mol. The second kappa shape index (κ2) is 4.41. The second-order valence-electron chi connectivity index (χ2n) is 5.60. The minimum absolute atomic E-state index is 0.102. The van der Waals surface area contributed by atoms with E-state index in [1.807, 2.05) is 0 Å². The number of ether oxygens (including phenoxy) is 1. The summed E-state index contributed by atoms with van der Waals surface area (Å²) in [5.41, 5.74) is 0. The molecule has 1 heterocycles. The van der Waals surface area contributed by atoms with Gasteiger partial charge in [-0.25, -0.2) is 4.79 Å². The van der Waals surface area contributed by atoms with Crippen LogP contribution in [0.15, 0.2) is 12.2 Å². The summed E-state index contributed by atoms with van der Waals surface area (Å²) in [5, 5.41) is 0. The molecule has 4 heteroatoms. The molecule has 1 amide bonds. The molecule has 0 radical (unpaired) electrons. The maximum absolute atomic E-state index is 12.6.